The number of hydrogen-bond donors (Lipinski definition) is 1. The van der Waals surface area contributed by atoms with E-state index >= 15 is 0 Å². The zero-order chi connectivity index (χ0) is 18.0. The maximum absolute atomic E-state index is 10.9. The number of methoxy groups -OCH3 is 1. The molecule has 0 spiro atoms. The maximum atomic E-state index is 10.9. The van der Waals surface area contributed by atoms with Crippen LogP contribution >= 0.6 is 0 Å². The van der Waals surface area contributed by atoms with Gasteiger partial charge in [-0.2, -0.15) is 0 Å². The van der Waals surface area contributed by atoms with E-state index in [4.69, 9.17) is 9.47 Å². The van der Waals surface area contributed by atoms with Gasteiger partial charge in [0.1, 0.15) is 17.1 Å². The van der Waals surface area contributed by atoms with Crippen LogP contribution in [0.5, 0.6) is 11.5 Å². The normalized spacial score (nSPS) is 14.7. The summed E-state index contributed by atoms with van der Waals surface area (Å²) in [6, 6.07) is 10.8. The van der Waals surface area contributed by atoms with Gasteiger partial charge in [0, 0.05) is 37.2 Å². The number of ether oxygens (including phenoxy) is 2. The van der Waals surface area contributed by atoms with Crippen molar-refractivity contribution in [1.29, 1.82) is 0 Å². The molecule has 1 aliphatic rings. The van der Waals surface area contributed by atoms with Crippen molar-refractivity contribution in [1.82, 2.24) is 5.32 Å². The SMILES string of the molecule is COc1ccc([N+](=O)[O-])cc1CNCc1ccc2c(c1)CC(C)(C)O2. The Hall–Kier alpha value is -2.60. The lowest BCUT2D eigenvalue weighted by molar-refractivity contribution is -0.384. The second kappa shape index (κ2) is 6.72. The van der Waals surface area contributed by atoms with E-state index in [0.29, 0.717) is 18.8 Å². The van der Waals surface area contributed by atoms with Crippen molar-refractivity contribution in [3.05, 3.63) is 63.2 Å². The highest BCUT2D eigenvalue weighted by molar-refractivity contribution is 5.44. The van der Waals surface area contributed by atoms with E-state index in [0.717, 1.165) is 23.3 Å². The molecular formula is C19H22N2O4. The number of non-ortho nitro benzene ring substituents is 1. The highest BCUT2D eigenvalue weighted by Gasteiger charge is 2.29. The molecule has 3 rings (SSSR count). The van der Waals surface area contributed by atoms with E-state index in [1.807, 2.05) is 12.1 Å². The van der Waals surface area contributed by atoms with Gasteiger partial charge in [-0.3, -0.25) is 10.1 Å². The molecule has 2 aromatic rings. The number of nitrogens with one attached hydrogen (secondary N) is 1. The first-order chi connectivity index (χ1) is 11.9. The third kappa shape index (κ3) is 3.91. The molecule has 0 radical (unpaired) electrons. The smallest absolute Gasteiger partial charge is 0.270 e. The van der Waals surface area contributed by atoms with Crippen LogP contribution in [0.2, 0.25) is 0 Å². The highest BCUT2D eigenvalue weighted by Crippen LogP contribution is 2.35. The quantitative estimate of drug-likeness (QED) is 0.641. The van der Waals surface area contributed by atoms with Crippen LogP contribution in [-0.2, 0) is 19.5 Å². The molecule has 0 fully saturated rings. The molecule has 132 valence electrons. The highest BCUT2D eigenvalue weighted by atomic mass is 16.6. The zero-order valence-electron chi connectivity index (χ0n) is 14.7. The van der Waals surface area contributed by atoms with Crippen molar-refractivity contribution < 1.29 is 14.4 Å². The number of nitro benzene ring substituents is 1. The van der Waals surface area contributed by atoms with Crippen LogP contribution in [0.15, 0.2) is 36.4 Å². The van der Waals surface area contributed by atoms with E-state index in [1.54, 1.807) is 19.2 Å². The summed E-state index contributed by atoms with van der Waals surface area (Å²) >= 11 is 0. The van der Waals surface area contributed by atoms with Gasteiger partial charge in [-0.05, 0) is 37.1 Å². The minimum absolute atomic E-state index is 0.0644. The minimum atomic E-state index is -0.398. The Balaban J connectivity index is 1.66. The van der Waals surface area contributed by atoms with E-state index in [1.165, 1.54) is 11.6 Å². The summed E-state index contributed by atoms with van der Waals surface area (Å²) in [6.07, 6.45) is 0.898. The second-order valence-electron chi connectivity index (χ2n) is 6.84. The lowest BCUT2D eigenvalue weighted by atomic mass is 10.0. The van der Waals surface area contributed by atoms with Gasteiger partial charge in [-0.1, -0.05) is 12.1 Å². The number of nitrogens with zero attached hydrogens (tertiary/aromatic N) is 1. The topological polar surface area (TPSA) is 73.6 Å². The zero-order valence-corrected chi connectivity index (χ0v) is 14.7. The molecule has 1 N–H and O–H groups in total. The predicted octanol–water partition coefficient (Wildman–Crippen LogP) is 3.61. The average Bonchev–Trinajstić information content (AvgIpc) is 2.87. The molecule has 0 amide bonds. The van der Waals surface area contributed by atoms with Crippen molar-refractivity contribution in [3.8, 4) is 11.5 Å². The standard InChI is InChI=1S/C19H22N2O4/c1-19(2)10-14-8-13(4-6-18(14)25-19)11-20-12-15-9-16(21(22)23)5-7-17(15)24-3/h4-9,20H,10-12H2,1-3H3. The molecule has 1 aliphatic heterocycles. The number of hydrogen-bond acceptors (Lipinski definition) is 5. The van der Waals surface area contributed by atoms with Crippen molar-refractivity contribution >= 4 is 5.69 Å². The third-order valence-corrected chi connectivity index (χ3v) is 4.25. The predicted molar refractivity (Wildman–Crippen MR) is 95.0 cm³/mol. The summed E-state index contributed by atoms with van der Waals surface area (Å²) in [5.41, 5.74) is 3.06. The molecule has 0 saturated heterocycles. The van der Waals surface area contributed by atoms with Crippen LogP contribution in [0.3, 0.4) is 0 Å². The first-order valence-corrected chi connectivity index (χ1v) is 8.21. The molecule has 2 aromatic carbocycles. The third-order valence-electron chi connectivity index (χ3n) is 4.25. The van der Waals surface area contributed by atoms with Crippen LogP contribution in [0.25, 0.3) is 0 Å². The monoisotopic (exact) mass is 342 g/mol. The molecule has 0 aliphatic carbocycles. The van der Waals surface area contributed by atoms with Gasteiger partial charge in [0.25, 0.3) is 5.69 Å². The van der Waals surface area contributed by atoms with Gasteiger partial charge in [0.2, 0.25) is 0 Å². The Morgan fingerprint density at radius 2 is 2.04 bits per heavy atom. The number of benzene rings is 2. The molecule has 0 saturated carbocycles. The van der Waals surface area contributed by atoms with Gasteiger partial charge in [-0.15, -0.1) is 0 Å². The summed E-state index contributed by atoms with van der Waals surface area (Å²) in [4.78, 5) is 10.5. The van der Waals surface area contributed by atoms with Crippen LogP contribution in [-0.4, -0.2) is 17.6 Å². The van der Waals surface area contributed by atoms with Gasteiger partial charge in [-0.25, -0.2) is 0 Å². The van der Waals surface area contributed by atoms with Crippen LogP contribution < -0.4 is 14.8 Å². The van der Waals surface area contributed by atoms with Gasteiger partial charge >= 0.3 is 0 Å². The fourth-order valence-electron chi connectivity index (χ4n) is 3.13. The molecule has 0 aromatic heterocycles. The lowest BCUT2D eigenvalue weighted by Crippen LogP contribution is -2.24. The Bertz CT molecular complexity index is 802. The van der Waals surface area contributed by atoms with Crippen LogP contribution in [0.1, 0.15) is 30.5 Å². The molecule has 0 unspecified atom stereocenters. The Morgan fingerprint density at radius 3 is 2.76 bits per heavy atom. The summed E-state index contributed by atoms with van der Waals surface area (Å²) < 4.78 is 11.2. The number of rotatable bonds is 6. The molecular weight excluding hydrogens is 320 g/mol. The van der Waals surface area contributed by atoms with Gasteiger partial charge in [0.05, 0.1) is 12.0 Å². The molecule has 0 bridgehead atoms. The van der Waals surface area contributed by atoms with Crippen molar-refractivity contribution in [3.63, 3.8) is 0 Å². The summed E-state index contributed by atoms with van der Waals surface area (Å²) in [5.74, 6) is 1.59. The maximum Gasteiger partial charge on any atom is 0.270 e. The van der Waals surface area contributed by atoms with Gasteiger partial charge < -0.3 is 14.8 Å². The Labute approximate surface area is 146 Å². The van der Waals surface area contributed by atoms with Gasteiger partial charge in [0.15, 0.2) is 0 Å². The molecule has 0 atom stereocenters. The summed E-state index contributed by atoms with van der Waals surface area (Å²) in [7, 11) is 1.56. The second-order valence-corrected chi connectivity index (χ2v) is 6.84. The lowest BCUT2D eigenvalue weighted by Gasteiger charge is -2.16. The molecule has 6 heteroatoms. The number of nitro groups is 1. The van der Waals surface area contributed by atoms with Crippen LogP contribution in [0, 0.1) is 10.1 Å². The summed E-state index contributed by atoms with van der Waals surface area (Å²) in [5, 5.41) is 14.3. The first-order valence-electron chi connectivity index (χ1n) is 8.21. The molecule has 1 heterocycles. The fourth-order valence-corrected chi connectivity index (χ4v) is 3.13. The number of fused-ring (bicyclic) bond motifs is 1. The molecule has 6 nitrogen and oxygen atoms in total. The largest absolute Gasteiger partial charge is 0.496 e. The minimum Gasteiger partial charge on any atom is -0.496 e. The van der Waals surface area contributed by atoms with E-state index in [9.17, 15) is 10.1 Å². The van der Waals surface area contributed by atoms with Crippen molar-refractivity contribution in [2.45, 2.75) is 39.0 Å². The average molecular weight is 342 g/mol. The van der Waals surface area contributed by atoms with E-state index < -0.39 is 4.92 Å². The summed E-state index contributed by atoms with van der Waals surface area (Å²) in [6.45, 7) is 5.32. The van der Waals surface area contributed by atoms with Crippen molar-refractivity contribution in [2.75, 3.05) is 7.11 Å². The van der Waals surface area contributed by atoms with E-state index in [-0.39, 0.29) is 11.3 Å². The Kier molecular flexibility index (Phi) is 4.63. The molecule has 25 heavy (non-hydrogen) atoms. The Morgan fingerprint density at radius 1 is 1.24 bits per heavy atom. The van der Waals surface area contributed by atoms with Crippen molar-refractivity contribution in [2.24, 2.45) is 0 Å². The first kappa shape index (κ1) is 17.2. The fraction of sp³-hybridized carbons (Fsp3) is 0.368. The van der Waals surface area contributed by atoms with Crippen LogP contribution in [0.4, 0.5) is 5.69 Å². The van der Waals surface area contributed by atoms with E-state index in [2.05, 4.69) is 25.2 Å².